The number of hydrogen-bond acceptors (Lipinski definition) is 3. The first-order valence-corrected chi connectivity index (χ1v) is 7.92. The maximum atomic E-state index is 11.9. The highest BCUT2D eigenvalue weighted by Crippen LogP contribution is 2.13. The van der Waals surface area contributed by atoms with Gasteiger partial charge in [-0.05, 0) is 36.8 Å². The van der Waals surface area contributed by atoms with Crippen molar-refractivity contribution >= 4 is 29.1 Å². The smallest absolute Gasteiger partial charge is 0.233 e. The van der Waals surface area contributed by atoms with Crippen LogP contribution in [0.1, 0.15) is 24.5 Å². The molecule has 0 saturated carbocycles. The first kappa shape index (κ1) is 18.2. The van der Waals surface area contributed by atoms with Crippen LogP contribution in [0.15, 0.2) is 48.5 Å². The van der Waals surface area contributed by atoms with Crippen molar-refractivity contribution in [3.8, 4) is 0 Å². The number of amides is 3. The van der Waals surface area contributed by atoms with Crippen molar-refractivity contribution in [3.63, 3.8) is 0 Å². The molecule has 0 saturated heterocycles. The zero-order valence-corrected chi connectivity index (χ0v) is 14.3. The summed E-state index contributed by atoms with van der Waals surface area (Å²) >= 11 is 0. The lowest BCUT2D eigenvalue weighted by Gasteiger charge is -2.08. The number of carbonyl (C=O) groups excluding carboxylic acids is 3. The molecule has 2 rings (SSSR count). The van der Waals surface area contributed by atoms with E-state index in [-0.39, 0.29) is 18.2 Å². The van der Waals surface area contributed by atoms with E-state index in [2.05, 4.69) is 16.0 Å². The summed E-state index contributed by atoms with van der Waals surface area (Å²) in [7, 11) is 0. The Labute approximate surface area is 146 Å². The first-order valence-electron chi connectivity index (χ1n) is 7.92. The van der Waals surface area contributed by atoms with Crippen LogP contribution in [0.3, 0.4) is 0 Å². The van der Waals surface area contributed by atoms with Crippen molar-refractivity contribution in [1.29, 1.82) is 0 Å². The number of benzene rings is 2. The van der Waals surface area contributed by atoms with Crippen molar-refractivity contribution in [1.82, 2.24) is 5.32 Å². The van der Waals surface area contributed by atoms with E-state index in [1.165, 1.54) is 6.92 Å². The van der Waals surface area contributed by atoms with Gasteiger partial charge in [-0.3, -0.25) is 14.4 Å². The number of nitrogens with one attached hydrogen (secondary N) is 3. The second-order valence-electron chi connectivity index (χ2n) is 5.75. The molecule has 0 aliphatic rings. The van der Waals surface area contributed by atoms with Gasteiger partial charge in [-0.25, -0.2) is 0 Å². The fraction of sp³-hybridized carbons (Fsp3) is 0.211. The number of hydrogen-bond donors (Lipinski definition) is 3. The average molecular weight is 339 g/mol. The molecule has 0 heterocycles. The fourth-order valence-corrected chi connectivity index (χ4v) is 2.16. The normalized spacial score (nSPS) is 10.0. The molecule has 25 heavy (non-hydrogen) atoms. The molecule has 6 nitrogen and oxygen atoms in total. The van der Waals surface area contributed by atoms with Crippen molar-refractivity contribution in [3.05, 3.63) is 59.7 Å². The predicted octanol–water partition coefficient (Wildman–Crippen LogP) is 2.60. The molecule has 0 aliphatic carbocycles. The Hall–Kier alpha value is -3.15. The van der Waals surface area contributed by atoms with Crippen LogP contribution >= 0.6 is 0 Å². The maximum Gasteiger partial charge on any atom is 0.233 e. The lowest BCUT2D eigenvalue weighted by atomic mass is 10.1. The van der Waals surface area contributed by atoms with Gasteiger partial charge in [-0.2, -0.15) is 0 Å². The first-order chi connectivity index (χ1) is 11.9. The van der Waals surface area contributed by atoms with E-state index in [9.17, 15) is 14.4 Å². The summed E-state index contributed by atoms with van der Waals surface area (Å²) in [6.07, 6.45) is -0.251. The number of aryl methyl sites for hydroxylation is 1. The van der Waals surface area contributed by atoms with Crippen LogP contribution in [0.25, 0.3) is 0 Å². The SMILES string of the molecule is CC(=O)Nc1ccc(NC(=O)CC(=O)NCc2ccc(C)cc2)cc1. The van der Waals surface area contributed by atoms with Gasteiger partial charge in [0, 0.05) is 24.8 Å². The highest BCUT2D eigenvalue weighted by molar-refractivity contribution is 6.03. The van der Waals surface area contributed by atoms with Gasteiger partial charge in [0.05, 0.1) is 0 Å². The van der Waals surface area contributed by atoms with Crippen LogP contribution in [-0.4, -0.2) is 17.7 Å². The third-order valence-electron chi connectivity index (χ3n) is 3.42. The predicted molar refractivity (Wildman–Crippen MR) is 97.0 cm³/mol. The molecule has 0 unspecified atom stereocenters. The zero-order valence-electron chi connectivity index (χ0n) is 14.3. The van der Waals surface area contributed by atoms with Crippen molar-refractivity contribution in [2.24, 2.45) is 0 Å². The Morgan fingerprint density at radius 2 is 1.36 bits per heavy atom. The van der Waals surface area contributed by atoms with Gasteiger partial charge in [0.2, 0.25) is 17.7 Å². The fourth-order valence-electron chi connectivity index (χ4n) is 2.16. The molecule has 0 spiro atoms. The summed E-state index contributed by atoms with van der Waals surface area (Å²) in [6.45, 7) is 3.80. The summed E-state index contributed by atoms with van der Waals surface area (Å²) in [5, 5.41) is 8.00. The molecule has 0 fully saturated rings. The summed E-state index contributed by atoms with van der Waals surface area (Å²) in [4.78, 5) is 34.7. The van der Waals surface area contributed by atoms with E-state index in [1.54, 1.807) is 24.3 Å². The molecule has 3 N–H and O–H groups in total. The van der Waals surface area contributed by atoms with Gasteiger partial charge >= 0.3 is 0 Å². The van der Waals surface area contributed by atoms with Gasteiger partial charge in [0.25, 0.3) is 0 Å². The van der Waals surface area contributed by atoms with Gasteiger partial charge < -0.3 is 16.0 Å². The third kappa shape index (κ3) is 6.47. The van der Waals surface area contributed by atoms with Gasteiger partial charge in [-0.15, -0.1) is 0 Å². The van der Waals surface area contributed by atoms with E-state index in [4.69, 9.17) is 0 Å². The minimum Gasteiger partial charge on any atom is -0.352 e. The molecule has 2 aromatic rings. The quantitative estimate of drug-likeness (QED) is 0.707. The lowest BCUT2D eigenvalue weighted by molar-refractivity contribution is -0.127. The summed E-state index contributed by atoms with van der Waals surface area (Å²) in [5.41, 5.74) is 3.33. The average Bonchev–Trinajstić information content (AvgIpc) is 2.55. The number of carbonyl (C=O) groups is 3. The molecule has 130 valence electrons. The van der Waals surface area contributed by atoms with Crippen LogP contribution in [0.2, 0.25) is 0 Å². The topological polar surface area (TPSA) is 87.3 Å². The molecule has 0 aromatic heterocycles. The Morgan fingerprint density at radius 1 is 0.800 bits per heavy atom. The van der Waals surface area contributed by atoms with E-state index < -0.39 is 5.91 Å². The summed E-state index contributed by atoms with van der Waals surface area (Å²) in [5.74, 6) is -0.899. The van der Waals surface area contributed by atoms with Gasteiger partial charge in [0.1, 0.15) is 6.42 Å². The van der Waals surface area contributed by atoms with E-state index in [0.29, 0.717) is 17.9 Å². The Morgan fingerprint density at radius 3 is 1.92 bits per heavy atom. The zero-order chi connectivity index (χ0) is 18.2. The Kier molecular flexibility index (Phi) is 6.28. The molecule has 0 bridgehead atoms. The summed E-state index contributed by atoms with van der Waals surface area (Å²) in [6, 6.07) is 14.5. The van der Waals surface area contributed by atoms with Crippen LogP contribution < -0.4 is 16.0 Å². The van der Waals surface area contributed by atoms with E-state index >= 15 is 0 Å². The molecular formula is C19H21N3O3. The number of anilines is 2. The highest BCUT2D eigenvalue weighted by Gasteiger charge is 2.09. The van der Waals surface area contributed by atoms with E-state index in [0.717, 1.165) is 11.1 Å². The third-order valence-corrected chi connectivity index (χ3v) is 3.42. The Balaban J connectivity index is 1.78. The molecule has 0 radical (unpaired) electrons. The molecule has 0 aliphatic heterocycles. The largest absolute Gasteiger partial charge is 0.352 e. The van der Waals surface area contributed by atoms with Crippen LogP contribution in [0, 0.1) is 6.92 Å². The standard InChI is InChI=1S/C19H21N3O3/c1-13-3-5-15(6-4-13)12-20-18(24)11-19(25)22-17-9-7-16(8-10-17)21-14(2)23/h3-10H,11-12H2,1-2H3,(H,20,24)(H,21,23)(H,22,25). The van der Waals surface area contributed by atoms with Crippen molar-refractivity contribution in [2.45, 2.75) is 26.8 Å². The van der Waals surface area contributed by atoms with Gasteiger partial charge in [-0.1, -0.05) is 29.8 Å². The number of rotatable bonds is 6. The van der Waals surface area contributed by atoms with Crippen molar-refractivity contribution < 1.29 is 14.4 Å². The monoisotopic (exact) mass is 339 g/mol. The Bertz CT molecular complexity index is 752. The highest BCUT2D eigenvalue weighted by atomic mass is 16.2. The molecule has 6 heteroatoms. The molecular weight excluding hydrogens is 318 g/mol. The van der Waals surface area contributed by atoms with Crippen LogP contribution in [0.4, 0.5) is 11.4 Å². The van der Waals surface area contributed by atoms with Crippen LogP contribution in [-0.2, 0) is 20.9 Å². The second kappa shape index (κ2) is 8.63. The van der Waals surface area contributed by atoms with E-state index in [1.807, 2.05) is 31.2 Å². The molecule has 2 aromatic carbocycles. The summed E-state index contributed by atoms with van der Waals surface area (Å²) < 4.78 is 0. The maximum absolute atomic E-state index is 11.9. The minimum atomic E-state index is -0.395. The second-order valence-corrected chi connectivity index (χ2v) is 5.75. The molecule has 3 amide bonds. The van der Waals surface area contributed by atoms with Gasteiger partial charge in [0.15, 0.2) is 0 Å². The molecule has 0 atom stereocenters. The lowest BCUT2D eigenvalue weighted by Crippen LogP contribution is -2.27. The van der Waals surface area contributed by atoms with Crippen LogP contribution in [0.5, 0.6) is 0 Å². The van der Waals surface area contributed by atoms with Crippen molar-refractivity contribution in [2.75, 3.05) is 10.6 Å². The minimum absolute atomic E-state index is 0.165.